The summed E-state index contributed by atoms with van der Waals surface area (Å²) in [6, 6.07) is 0. The highest BCUT2D eigenvalue weighted by molar-refractivity contribution is 7.46. The van der Waals surface area contributed by atoms with Gasteiger partial charge < -0.3 is 19.6 Å². The van der Waals surface area contributed by atoms with E-state index in [9.17, 15) is 9.36 Å². The number of hydrogen-bond donors (Lipinski definition) is 3. The minimum atomic E-state index is -4.53. The molecule has 0 aromatic heterocycles. The smallest absolute Gasteiger partial charge is 0.352 e. The fraction of sp³-hybridized carbons (Fsp3) is 0.727. The average Bonchev–Trinajstić information content (AvgIpc) is 2.11. The van der Waals surface area contributed by atoms with Crippen LogP contribution in [-0.2, 0) is 13.9 Å². The fourth-order valence-corrected chi connectivity index (χ4v) is 2.04. The minimum Gasteiger partial charge on any atom is -0.352 e. The molecule has 0 fully saturated rings. The lowest BCUT2D eigenvalue weighted by molar-refractivity contribution is -0.873. The first-order valence-electron chi connectivity index (χ1n) is 5.89. The predicted octanol–water partition coefficient (Wildman–Crippen LogP) is 0.253. The molecule has 7 nitrogen and oxygen atoms in total. The van der Waals surface area contributed by atoms with Crippen LogP contribution in [0.5, 0.6) is 0 Å². The molecule has 0 saturated carbocycles. The van der Waals surface area contributed by atoms with E-state index in [4.69, 9.17) is 14.3 Å². The van der Waals surface area contributed by atoms with Gasteiger partial charge in [-0.1, -0.05) is 6.58 Å². The van der Waals surface area contributed by atoms with Crippen molar-refractivity contribution >= 4 is 13.7 Å². The first-order chi connectivity index (χ1) is 8.41. The van der Waals surface area contributed by atoms with E-state index in [1.165, 1.54) is 0 Å². The second kappa shape index (κ2) is 7.17. The Hall–Kier alpha value is -0.720. The van der Waals surface area contributed by atoms with Crippen molar-refractivity contribution < 1.29 is 28.2 Å². The lowest BCUT2D eigenvalue weighted by atomic mass is 10.2. The Morgan fingerprint density at radius 2 is 1.95 bits per heavy atom. The Labute approximate surface area is 114 Å². The molecular weight excluding hydrogens is 271 g/mol. The summed E-state index contributed by atoms with van der Waals surface area (Å²) in [5.41, 5.74) is 0.388. The van der Waals surface area contributed by atoms with Gasteiger partial charge in [0.15, 0.2) is 0 Å². The van der Waals surface area contributed by atoms with Crippen LogP contribution in [0.25, 0.3) is 0 Å². The number of phosphoric ester groups is 1. The maximum absolute atomic E-state index is 11.3. The first-order valence-corrected chi connectivity index (χ1v) is 7.42. The zero-order valence-electron chi connectivity index (χ0n) is 11.9. The van der Waals surface area contributed by atoms with Crippen molar-refractivity contribution in [1.82, 2.24) is 5.32 Å². The number of carbonyl (C=O) groups excluding carboxylic acids is 1. The van der Waals surface area contributed by atoms with E-state index in [1.807, 2.05) is 21.1 Å². The van der Waals surface area contributed by atoms with E-state index in [0.29, 0.717) is 23.0 Å². The molecule has 1 atom stereocenters. The maximum atomic E-state index is 11.3. The highest BCUT2D eigenvalue weighted by Crippen LogP contribution is 2.38. The molecule has 1 unspecified atom stereocenters. The Morgan fingerprint density at radius 1 is 1.42 bits per heavy atom. The van der Waals surface area contributed by atoms with E-state index >= 15 is 0 Å². The highest BCUT2D eigenvalue weighted by Gasteiger charge is 2.26. The summed E-state index contributed by atoms with van der Waals surface area (Å²) in [4.78, 5) is 29.0. The summed E-state index contributed by atoms with van der Waals surface area (Å²) >= 11 is 0. The van der Waals surface area contributed by atoms with E-state index < -0.39 is 13.9 Å². The van der Waals surface area contributed by atoms with Crippen molar-refractivity contribution in [2.45, 2.75) is 19.4 Å². The van der Waals surface area contributed by atoms with Crippen molar-refractivity contribution in [2.75, 3.05) is 34.2 Å². The van der Waals surface area contributed by atoms with E-state index in [1.54, 1.807) is 6.92 Å². The SMILES string of the molecule is C=C(C)C(=O)NCCC(C[N+](C)(C)C)OP(=O)(O)O. The minimum absolute atomic E-state index is 0.274. The topological polar surface area (TPSA) is 95.9 Å². The largest absolute Gasteiger partial charge is 0.470 e. The Balaban J connectivity index is 4.39. The van der Waals surface area contributed by atoms with Crippen LogP contribution in [0.15, 0.2) is 12.2 Å². The van der Waals surface area contributed by atoms with Gasteiger partial charge in [0.2, 0.25) is 5.91 Å². The lowest BCUT2D eigenvalue weighted by Gasteiger charge is -2.29. The number of rotatable bonds is 8. The molecule has 0 bridgehead atoms. The van der Waals surface area contributed by atoms with Gasteiger partial charge in [-0.25, -0.2) is 4.57 Å². The molecule has 0 radical (unpaired) electrons. The van der Waals surface area contributed by atoms with Crippen LogP contribution in [0.1, 0.15) is 13.3 Å². The van der Waals surface area contributed by atoms with Crippen LogP contribution in [0, 0.1) is 0 Å². The van der Waals surface area contributed by atoms with Gasteiger partial charge in [-0.05, 0) is 13.3 Å². The van der Waals surface area contributed by atoms with Gasteiger partial charge in [-0.15, -0.1) is 0 Å². The summed E-state index contributed by atoms with van der Waals surface area (Å²) in [7, 11) is 1.14. The quantitative estimate of drug-likeness (QED) is 0.339. The normalized spacial score (nSPS) is 14.0. The third-order valence-corrected chi connectivity index (χ3v) is 2.75. The first kappa shape index (κ1) is 18.3. The number of nitrogens with one attached hydrogen (secondary N) is 1. The van der Waals surface area contributed by atoms with Gasteiger partial charge in [0.25, 0.3) is 0 Å². The zero-order valence-corrected chi connectivity index (χ0v) is 12.8. The number of likely N-dealkylation sites (N-methyl/N-ethyl adjacent to an activating group) is 1. The van der Waals surface area contributed by atoms with Gasteiger partial charge in [0, 0.05) is 12.1 Å². The molecule has 0 heterocycles. The van der Waals surface area contributed by atoms with Gasteiger partial charge in [0.05, 0.1) is 21.1 Å². The standard InChI is InChI=1S/C11H23N2O5P/c1-9(2)11(14)12-7-6-10(8-13(3,4)5)18-19(15,16)17/h10H,1,6-8H2,2-5H3,(H2-,12,14,15,16,17)/p+1. The third kappa shape index (κ3) is 10.9. The summed E-state index contributed by atoms with van der Waals surface area (Å²) < 4.78 is 16.1. The number of quaternary nitrogens is 1. The van der Waals surface area contributed by atoms with E-state index in [2.05, 4.69) is 11.9 Å². The number of amides is 1. The van der Waals surface area contributed by atoms with Crippen LogP contribution < -0.4 is 5.32 Å². The summed E-state index contributed by atoms with van der Waals surface area (Å²) in [5.74, 6) is -0.278. The van der Waals surface area contributed by atoms with Crippen LogP contribution in [0.3, 0.4) is 0 Å². The molecular formula is C11H24N2O5P+. The van der Waals surface area contributed by atoms with Gasteiger partial charge in [-0.2, -0.15) is 0 Å². The molecule has 0 aromatic carbocycles. The molecule has 19 heavy (non-hydrogen) atoms. The number of hydrogen-bond acceptors (Lipinski definition) is 3. The second-order valence-corrected chi connectivity index (χ2v) is 6.71. The van der Waals surface area contributed by atoms with E-state index in [0.717, 1.165) is 0 Å². The zero-order chi connectivity index (χ0) is 15.3. The van der Waals surface area contributed by atoms with Crippen LogP contribution in [0.4, 0.5) is 0 Å². The summed E-state index contributed by atoms with van der Waals surface area (Å²) in [6.45, 7) is 5.79. The number of nitrogens with zero attached hydrogens (tertiary/aromatic N) is 1. The van der Waals surface area contributed by atoms with Crippen molar-refractivity contribution in [2.24, 2.45) is 0 Å². The average molecular weight is 295 g/mol. The molecule has 0 aliphatic heterocycles. The molecule has 0 aliphatic carbocycles. The van der Waals surface area contributed by atoms with Crippen LogP contribution in [0.2, 0.25) is 0 Å². The van der Waals surface area contributed by atoms with Gasteiger partial charge in [-0.3, -0.25) is 9.32 Å². The highest BCUT2D eigenvalue weighted by atomic mass is 31.2. The van der Waals surface area contributed by atoms with Crippen LogP contribution in [-0.4, -0.2) is 60.5 Å². The number of phosphoric acid groups is 1. The molecule has 0 aliphatic rings. The number of carbonyl (C=O) groups is 1. The lowest BCUT2D eigenvalue weighted by Crippen LogP contribution is -2.43. The Morgan fingerprint density at radius 3 is 2.32 bits per heavy atom. The molecule has 0 aromatic rings. The van der Waals surface area contributed by atoms with Crippen molar-refractivity contribution in [3.63, 3.8) is 0 Å². The molecule has 1 amide bonds. The fourth-order valence-electron chi connectivity index (χ4n) is 1.48. The molecule has 0 rings (SSSR count). The molecule has 0 spiro atoms. The Kier molecular flexibility index (Phi) is 6.89. The Bertz CT molecular complexity index is 372. The van der Waals surface area contributed by atoms with Crippen molar-refractivity contribution in [3.05, 3.63) is 12.2 Å². The maximum Gasteiger partial charge on any atom is 0.470 e. The molecule has 3 N–H and O–H groups in total. The predicted molar refractivity (Wildman–Crippen MR) is 72.3 cm³/mol. The van der Waals surface area contributed by atoms with Gasteiger partial charge in [0.1, 0.15) is 12.6 Å². The van der Waals surface area contributed by atoms with Crippen LogP contribution >= 0.6 is 7.82 Å². The molecule has 112 valence electrons. The van der Waals surface area contributed by atoms with Crippen molar-refractivity contribution in [1.29, 1.82) is 0 Å². The summed E-state index contributed by atoms with van der Waals surface area (Å²) in [6.07, 6.45) is -0.314. The second-order valence-electron chi connectivity index (χ2n) is 5.52. The molecule has 0 saturated heterocycles. The monoisotopic (exact) mass is 295 g/mol. The van der Waals surface area contributed by atoms with E-state index in [-0.39, 0.29) is 12.5 Å². The molecule has 8 heteroatoms. The van der Waals surface area contributed by atoms with Gasteiger partial charge >= 0.3 is 7.82 Å². The van der Waals surface area contributed by atoms with Crippen molar-refractivity contribution in [3.8, 4) is 0 Å². The third-order valence-electron chi connectivity index (χ3n) is 2.18. The summed E-state index contributed by atoms with van der Waals surface area (Å²) in [5, 5.41) is 2.61.